The highest BCUT2D eigenvalue weighted by atomic mass is 79.9. The first-order chi connectivity index (χ1) is 6.47. The third-order valence-electron chi connectivity index (χ3n) is 2.30. The van der Waals surface area contributed by atoms with Gasteiger partial charge in [0.1, 0.15) is 6.10 Å². The van der Waals surface area contributed by atoms with Crippen LogP contribution in [-0.4, -0.2) is 16.6 Å². The van der Waals surface area contributed by atoms with E-state index in [-0.39, 0.29) is 5.41 Å². The van der Waals surface area contributed by atoms with Crippen molar-refractivity contribution in [3.05, 3.63) is 28.5 Å². The Bertz CT molecular complexity index is 297. The number of pyridine rings is 1. The smallest absolute Gasteiger partial charge is 0.102 e. The summed E-state index contributed by atoms with van der Waals surface area (Å²) >= 11 is 3.29. The Morgan fingerprint density at radius 3 is 2.64 bits per heavy atom. The van der Waals surface area contributed by atoms with E-state index in [1.54, 1.807) is 12.3 Å². The third kappa shape index (κ3) is 2.53. The highest BCUT2D eigenvalue weighted by Gasteiger charge is 2.28. The maximum absolute atomic E-state index is 9.98. The molecule has 14 heavy (non-hydrogen) atoms. The summed E-state index contributed by atoms with van der Waals surface area (Å²) in [5.74, 6) is 0. The fourth-order valence-electron chi connectivity index (χ4n) is 1.06. The Balaban J connectivity index is 2.89. The lowest BCUT2D eigenvalue weighted by atomic mass is 9.85. The van der Waals surface area contributed by atoms with Crippen LogP contribution in [0.5, 0.6) is 0 Å². The van der Waals surface area contributed by atoms with Gasteiger partial charge in [0, 0.05) is 22.6 Å². The van der Waals surface area contributed by atoms with Crippen LogP contribution in [0.2, 0.25) is 0 Å². The largest absolute Gasteiger partial charge is 0.386 e. The molecule has 0 aliphatic rings. The van der Waals surface area contributed by atoms with Crippen LogP contribution in [0.25, 0.3) is 0 Å². The van der Waals surface area contributed by atoms with E-state index in [0.29, 0.717) is 12.2 Å². The van der Waals surface area contributed by atoms with Gasteiger partial charge in [-0.1, -0.05) is 13.8 Å². The van der Waals surface area contributed by atoms with Gasteiger partial charge in [0.25, 0.3) is 0 Å². The maximum atomic E-state index is 9.98. The number of halogens is 1. The molecule has 1 aromatic heterocycles. The highest BCUT2D eigenvalue weighted by molar-refractivity contribution is 9.10. The molecule has 3 N–H and O–H groups in total. The van der Waals surface area contributed by atoms with Crippen LogP contribution in [0.3, 0.4) is 0 Å². The molecule has 0 fully saturated rings. The van der Waals surface area contributed by atoms with E-state index in [4.69, 9.17) is 5.73 Å². The summed E-state index contributed by atoms with van der Waals surface area (Å²) in [6.45, 7) is 4.26. The monoisotopic (exact) mass is 258 g/mol. The van der Waals surface area contributed by atoms with Gasteiger partial charge in [-0.15, -0.1) is 0 Å². The standard InChI is InChI=1S/C10H15BrN2O/c1-10(2,6-12)9(14)8-4-3-7(11)5-13-8/h3-5,9,14H,6,12H2,1-2H3. The molecule has 0 aliphatic carbocycles. The summed E-state index contributed by atoms with van der Waals surface area (Å²) in [4.78, 5) is 4.14. The van der Waals surface area contributed by atoms with Gasteiger partial charge in [-0.05, 0) is 28.1 Å². The summed E-state index contributed by atoms with van der Waals surface area (Å²) < 4.78 is 0.902. The quantitative estimate of drug-likeness (QED) is 0.871. The van der Waals surface area contributed by atoms with Crippen LogP contribution in [0.15, 0.2) is 22.8 Å². The summed E-state index contributed by atoms with van der Waals surface area (Å²) in [5, 5.41) is 9.98. The van der Waals surface area contributed by atoms with E-state index in [9.17, 15) is 5.11 Å². The van der Waals surface area contributed by atoms with E-state index < -0.39 is 6.10 Å². The second kappa shape index (κ2) is 4.38. The molecule has 3 nitrogen and oxygen atoms in total. The number of rotatable bonds is 3. The zero-order valence-corrected chi connectivity index (χ0v) is 9.95. The number of hydrogen-bond acceptors (Lipinski definition) is 3. The Hall–Kier alpha value is -0.450. The van der Waals surface area contributed by atoms with Gasteiger partial charge < -0.3 is 10.8 Å². The summed E-state index contributed by atoms with van der Waals surface area (Å²) in [7, 11) is 0. The predicted octanol–water partition coefficient (Wildman–Crippen LogP) is 1.86. The number of nitrogens with two attached hydrogens (primary N) is 1. The minimum atomic E-state index is -0.624. The van der Waals surface area contributed by atoms with E-state index >= 15 is 0 Å². The summed E-state index contributed by atoms with van der Waals surface area (Å²) in [6.07, 6.45) is 1.05. The van der Waals surface area contributed by atoms with Crippen molar-refractivity contribution >= 4 is 15.9 Å². The van der Waals surface area contributed by atoms with Gasteiger partial charge in [-0.2, -0.15) is 0 Å². The second-order valence-corrected chi connectivity index (χ2v) is 4.91. The molecule has 0 amide bonds. The molecule has 78 valence electrons. The lowest BCUT2D eigenvalue weighted by molar-refractivity contribution is 0.0518. The lowest BCUT2D eigenvalue weighted by Crippen LogP contribution is -2.31. The Morgan fingerprint density at radius 2 is 2.21 bits per heavy atom. The van der Waals surface area contributed by atoms with Gasteiger partial charge in [-0.25, -0.2) is 0 Å². The molecule has 0 aromatic carbocycles. The van der Waals surface area contributed by atoms with Crippen molar-refractivity contribution in [3.8, 4) is 0 Å². The number of nitrogens with zero attached hydrogens (tertiary/aromatic N) is 1. The molecule has 1 rings (SSSR count). The predicted molar refractivity (Wildman–Crippen MR) is 59.7 cm³/mol. The molecular weight excluding hydrogens is 244 g/mol. The van der Waals surface area contributed by atoms with Crippen molar-refractivity contribution in [2.24, 2.45) is 11.1 Å². The fourth-order valence-corrected chi connectivity index (χ4v) is 1.30. The zero-order chi connectivity index (χ0) is 10.8. The normalized spacial score (nSPS) is 14.1. The molecule has 0 bridgehead atoms. The third-order valence-corrected chi connectivity index (χ3v) is 2.77. The van der Waals surface area contributed by atoms with Gasteiger partial charge in [0.15, 0.2) is 0 Å². The molecule has 0 radical (unpaired) electrons. The molecule has 1 atom stereocenters. The van der Waals surface area contributed by atoms with Gasteiger partial charge in [0.05, 0.1) is 5.69 Å². The Labute approximate surface area is 92.5 Å². The van der Waals surface area contributed by atoms with Crippen molar-refractivity contribution in [3.63, 3.8) is 0 Å². The van der Waals surface area contributed by atoms with Gasteiger partial charge >= 0.3 is 0 Å². The van der Waals surface area contributed by atoms with Crippen molar-refractivity contribution in [2.75, 3.05) is 6.54 Å². The van der Waals surface area contributed by atoms with Crippen molar-refractivity contribution in [2.45, 2.75) is 20.0 Å². The van der Waals surface area contributed by atoms with Crippen molar-refractivity contribution in [1.82, 2.24) is 4.98 Å². The van der Waals surface area contributed by atoms with Crippen LogP contribution < -0.4 is 5.73 Å². The number of aromatic nitrogens is 1. The van der Waals surface area contributed by atoms with Crippen LogP contribution in [0.1, 0.15) is 25.6 Å². The average molecular weight is 259 g/mol. The topological polar surface area (TPSA) is 59.1 Å². The lowest BCUT2D eigenvalue weighted by Gasteiger charge is -2.28. The number of aliphatic hydroxyl groups is 1. The Kier molecular flexibility index (Phi) is 3.64. The molecule has 1 unspecified atom stereocenters. The minimum absolute atomic E-state index is 0.346. The van der Waals surface area contributed by atoms with E-state index in [1.165, 1.54) is 0 Å². The van der Waals surface area contributed by atoms with Gasteiger partial charge in [-0.3, -0.25) is 4.98 Å². The molecule has 0 saturated heterocycles. The first-order valence-electron chi connectivity index (χ1n) is 4.47. The SMILES string of the molecule is CC(C)(CN)C(O)c1ccc(Br)cn1. The molecule has 0 saturated carbocycles. The van der Waals surface area contributed by atoms with Crippen molar-refractivity contribution < 1.29 is 5.11 Å². The fraction of sp³-hybridized carbons (Fsp3) is 0.500. The maximum Gasteiger partial charge on any atom is 0.102 e. The minimum Gasteiger partial charge on any atom is -0.386 e. The number of hydrogen-bond donors (Lipinski definition) is 2. The molecule has 4 heteroatoms. The first-order valence-corrected chi connectivity index (χ1v) is 5.26. The molecule has 0 spiro atoms. The number of aliphatic hydroxyl groups excluding tert-OH is 1. The van der Waals surface area contributed by atoms with Crippen LogP contribution in [0, 0.1) is 5.41 Å². The molecule has 0 aliphatic heterocycles. The highest BCUT2D eigenvalue weighted by Crippen LogP contribution is 2.31. The van der Waals surface area contributed by atoms with Crippen LogP contribution in [-0.2, 0) is 0 Å². The van der Waals surface area contributed by atoms with Gasteiger partial charge in [0.2, 0.25) is 0 Å². The molecular formula is C10H15BrN2O. The molecule has 1 aromatic rings. The van der Waals surface area contributed by atoms with Crippen LogP contribution in [0.4, 0.5) is 0 Å². The Morgan fingerprint density at radius 1 is 1.57 bits per heavy atom. The van der Waals surface area contributed by atoms with E-state index in [2.05, 4.69) is 20.9 Å². The van der Waals surface area contributed by atoms with Crippen molar-refractivity contribution in [1.29, 1.82) is 0 Å². The zero-order valence-electron chi connectivity index (χ0n) is 8.37. The van der Waals surface area contributed by atoms with E-state index in [0.717, 1.165) is 4.47 Å². The average Bonchev–Trinajstić information content (AvgIpc) is 2.18. The summed E-state index contributed by atoms with van der Waals surface area (Å²) in [6, 6.07) is 3.66. The summed E-state index contributed by atoms with van der Waals surface area (Å²) in [5.41, 5.74) is 5.89. The first kappa shape index (κ1) is 11.6. The molecule has 1 heterocycles. The van der Waals surface area contributed by atoms with Crippen LogP contribution >= 0.6 is 15.9 Å². The second-order valence-electron chi connectivity index (χ2n) is 4.00. The van der Waals surface area contributed by atoms with E-state index in [1.807, 2.05) is 19.9 Å².